The van der Waals surface area contributed by atoms with Crippen molar-refractivity contribution in [3.63, 3.8) is 0 Å². The van der Waals surface area contributed by atoms with Gasteiger partial charge in [0.05, 0.1) is 13.2 Å². The van der Waals surface area contributed by atoms with E-state index in [-0.39, 0.29) is 17.9 Å². The van der Waals surface area contributed by atoms with Crippen LogP contribution in [0.2, 0.25) is 0 Å². The third kappa shape index (κ3) is 2.42. The molecule has 2 aromatic rings. The van der Waals surface area contributed by atoms with Gasteiger partial charge in [-0.15, -0.1) is 0 Å². The molecule has 2 atom stereocenters. The monoisotopic (exact) mass is 336 g/mol. The Morgan fingerprint density at radius 1 is 1.08 bits per heavy atom. The summed E-state index contributed by atoms with van der Waals surface area (Å²) in [6, 6.07) is 18.1. The summed E-state index contributed by atoms with van der Waals surface area (Å²) >= 11 is 0. The third-order valence-electron chi connectivity index (χ3n) is 5.39. The van der Waals surface area contributed by atoms with Crippen molar-refractivity contribution in [2.45, 2.75) is 31.3 Å². The number of ether oxygens (including phenoxy) is 1. The Morgan fingerprint density at radius 2 is 1.88 bits per heavy atom. The van der Waals surface area contributed by atoms with Crippen molar-refractivity contribution in [1.29, 1.82) is 0 Å². The normalized spacial score (nSPS) is 27.4. The Morgan fingerprint density at radius 3 is 2.76 bits per heavy atom. The molecule has 3 aliphatic rings. The van der Waals surface area contributed by atoms with Gasteiger partial charge in [-0.05, 0) is 24.0 Å². The van der Waals surface area contributed by atoms with Crippen LogP contribution < -0.4 is 0 Å². The van der Waals surface area contributed by atoms with Crippen LogP contribution in [0.3, 0.4) is 0 Å². The molecular weight excluding hydrogens is 316 g/mol. The average Bonchev–Trinajstić information content (AvgIpc) is 3.41. The van der Waals surface area contributed by atoms with E-state index in [1.165, 1.54) is 16.2 Å². The molecular formula is C20H20N2O3. The molecule has 0 aromatic heterocycles. The Hall–Kier alpha value is -2.37. The highest BCUT2D eigenvalue weighted by atomic mass is 16.8. The summed E-state index contributed by atoms with van der Waals surface area (Å²) in [6.07, 6.45) is 1.63. The van der Waals surface area contributed by atoms with Gasteiger partial charge in [0.15, 0.2) is 0 Å². The van der Waals surface area contributed by atoms with E-state index < -0.39 is 0 Å². The van der Waals surface area contributed by atoms with Gasteiger partial charge < -0.3 is 9.64 Å². The second-order valence-corrected chi connectivity index (χ2v) is 6.94. The highest BCUT2D eigenvalue weighted by Crippen LogP contribution is 2.44. The molecule has 0 bridgehead atoms. The van der Waals surface area contributed by atoms with E-state index in [0.29, 0.717) is 13.2 Å². The maximum absolute atomic E-state index is 12.9. The van der Waals surface area contributed by atoms with Crippen molar-refractivity contribution in [3.05, 3.63) is 71.3 Å². The van der Waals surface area contributed by atoms with Crippen molar-refractivity contribution >= 4 is 6.03 Å². The smallest absolute Gasteiger partial charge is 0.347 e. The number of rotatable bonds is 1. The maximum atomic E-state index is 12.9. The van der Waals surface area contributed by atoms with E-state index in [0.717, 1.165) is 24.9 Å². The Kier molecular flexibility index (Phi) is 3.33. The summed E-state index contributed by atoms with van der Waals surface area (Å²) in [5, 5.41) is 1.47. The minimum Gasteiger partial charge on any atom is -0.364 e. The SMILES string of the molecule is O=C(N1CCCC2(C1)OCc1ccccc12)N1OC1c1ccccc1. The van der Waals surface area contributed by atoms with Crippen molar-refractivity contribution in [2.24, 2.45) is 0 Å². The first-order valence-corrected chi connectivity index (χ1v) is 8.79. The minimum absolute atomic E-state index is 0.0686. The fourth-order valence-corrected chi connectivity index (χ4v) is 4.09. The number of carbonyl (C=O) groups excluding carboxylic acids is 1. The van der Waals surface area contributed by atoms with Gasteiger partial charge >= 0.3 is 6.03 Å². The number of fused-ring (bicyclic) bond motifs is 2. The number of hydrogen-bond donors (Lipinski definition) is 0. The van der Waals surface area contributed by atoms with Crippen LogP contribution in [0.1, 0.15) is 35.8 Å². The molecule has 3 heterocycles. The van der Waals surface area contributed by atoms with Crippen LogP contribution in [-0.2, 0) is 21.8 Å². The quantitative estimate of drug-likeness (QED) is 0.748. The van der Waals surface area contributed by atoms with Crippen molar-refractivity contribution in [3.8, 4) is 0 Å². The number of likely N-dealkylation sites (tertiary alicyclic amines) is 1. The second-order valence-electron chi connectivity index (χ2n) is 6.94. The van der Waals surface area contributed by atoms with Crippen LogP contribution in [0, 0.1) is 0 Å². The number of urea groups is 1. The molecule has 1 spiro atoms. The largest absolute Gasteiger partial charge is 0.364 e. The first kappa shape index (κ1) is 14.9. The molecule has 128 valence electrons. The van der Waals surface area contributed by atoms with Gasteiger partial charge in [-0.25, -0.2) is 9.63 Å². The molecule has 2 saturated heterocycles. The molecule has 5 rings (SSSR count). The second kappa shape index (κ2) is 5.58. The predicted molar refractivity (Wildman–Crippen MR) is 91.2 cm³/mol. The zero-order valence-electron chi connectivity index (χ0n) is 13.9. The number of hydroxylamine groups is 2. The van der Waals surface area contributed by atoms with Crippen molar-refractivity contribution < 1.29 is 14.4 Å². The number of amides is 2. The topological polar surface area (TPSA) is 45.1 Å². The van der Waals surface area contributed by atoms with E-state index in [2.05, 4.69) is 18.2 Å². The predicted octanol–water partition coefficient (Wildman–Crippen LogP) is 3.57. The van der Waals surface area contributed by atoms with Gasteiger partial charge in [-0.1, -0.05) is 54.6 Å². The Labute approximate surface area is 146 Å². The van der Waals surface area contributed by atoms with Gasteiger partial charge in [-0.2, -0.15) is 5.06 Å². The molecule has 2 fully saturated rings. The molecule has 5 nitrogen and oxygen atoms in total. The van der Waals surface area contributed by atoms with Gasteiger partial charge in [0.25, 0.3) is 0 Å². The van der Waals surface area contributed by atoms with Crippen LogP contribution in [0.15, 0.2) is 54.6 Å². The zero-order valence-corrected chi connectivity index (χ0v) is 13.9. The van der Waals surface area contributed by atoms with Gasteiger partial charge in [0.1, 0.15) is 5.60 Å². The molecule has 2 unspecified atom stereocenters. The molecule has 0 N–H and O–H groups in total. The third-order valence-corrected chi connectivity index (χ3v) is 5.39. The van der Waals surface area contributed by atoms with E-state index in [4.69, 9.17) is 9.57 Å². The van der Waals surface area contributed by atoms with Gasteiger partial charge in [0.2, 0.25) is 6.23 Å². The van der Waals surface area contributed by atoms with E-state index in [1.54, 1.807) is 0 Å². The van der Waals surface area contributed by atoms with E-state index in [1.807, 2.05) is 41.3 Å². The molecule has 0 aliphatic carbocycles. The number of benzene rings is 2. The Balaban J connectivity index is 1.34. The first-order chi connectivity index (χ1) is 12.3. The molecule has 0 radical (unpaired) electrons. The fraction of sp³-hybridized carbons (Fsp3) is 0.350. The van der Waals surface area contributed by atoms with Crippen LogP contribution in [-0.4, -0.2) is 29.1 Å². The standard InChI is InChI=1S/C20H20N2O3/c23-19(22-18(25-22)15-7-2-1-3-8-15)21-12-6-11-20(14-21)17-10-5-4-9-16(17)13-24-20/h1-5,7-10,18H,6,11-14H2. The van der Waals surface area contributed by atoms with Gasteiger partial charge in [0, 0.05) is 12.1 Å². The molecule has 5 heteroatoms. The molecule has 2 amide bonds. The fourth-order valence-electron chi connectivity index (χ4n) is 4.09. The highest BCUT2D eigenvalue weighted by molar-refractivity contribution is 5.75. The zero-order chi connectivity index (χ0) is 16.9. The number of nitrogens with zero attached hydrogens (tertiary/aromatic N) is 2. The lowest BCUT2D eigenvalue weighted by Gasteiger charge is -2.40. The maximum Gasteiger partial charge on any atom is 0.347 e. The van der Waals surface area contributed by atoms with Crippen LogP contribution >= 0.6 is 0 Å². The highest BCUT2D eigenvalue weighted by Gasteiger charge is 2.49. The summed E-state index contributed by atoms with van der Waals surface area (Å²) in [5.41, 5.74) is 3.12. The number of hydrogen-bond acceptors (Lipinski definition) is 3. The lowest BCUT2D eigenvalue weighted by Crippen LogP contribution is -2.49. The minimum atomic E-state index is -0.358. The van der Waals surface area contributed by atoms with Crippen LogP contribution in [0.5, 0.6) is 0 Å². The van der Waals surface area contributed by atoms with Crippen LogP contribution in [0.4, 0.5) is 4.79 Å². The summed E-state index contributed by atoms with van der Waals surface area (Å²) < 4.78 is 6.19. The lowest BCUT2D eigenvalue weighted by molar-refractivity contribution is -0.0788. The Bertz CT molecular complexity index is 806. The summed E-state index contributed by atoms with van der Waals surface area (Å²) in [7, 11) is 0. The number of piperidine rings is 1. The summed E-state index contributed by atoms with van der Waals surface area (Å²) in [4.78, 5) is 20.3. The summed E-state index contributed by atoms with van der Waals surface area (Å²) in [6.45, 7) is 1.96. The molecule has 0 saturated carbocycles. The van der Waals surface area contributed by atoms with Crippen molar-refractivity contribution in [1.82, 2.24) is 9.96 Å². The number of carbonyl (C=O) groups is 1. The average molecular weight is 336 g/mol. The lowest BCUT2D eigenvalue weighted by atomic mass is 9.85. The molecule has 3 aliphatic heterocycles. The van der Waals surface area contributed by atoms with Crippen molar-refractivity contribution in [2.75, 3.05) is 13.1 Å². The summed E-state index contributed by atoms with van der Waals surface area (Å²) in [5.74, 6) is 0. The van der Waals surface area contributed by atoms with Gasteiger partial charge in [-0.3, -0.25) is 0 Å². The molecule has 25 heavy (non-hydrogen) atoms. The molecule has 2 aromatic carbocycles. The first-order valence-electron chi connectivity index (χ1n) is 8.79. The van der Waals surface area contributed by atoms with E-state index >= 15 is 0 Å². The van der Waals surface area contributed by atoms with Crippen LogP contribution in [0.25, 0.3) is 0 Å². The van der Waals surface area contributed by atoms with E-state index in [9.17, 15) is 4.79 Å².